The van der Waals surface area contributed by atoms with Crippen LogP contribution in [0.3, 0.4) is 0 Å². The van der Waals surface area contributed by atoms with Gasteiger partial charge in [-0.1, -0.05) is 6.07 Å². The first-order chi connectivity index (χ1) is 9.95. The standard InChI is InChI=1S/C15H10F2N2O2/c1-7-2-3-12-13(4-7)19-14(18-12)8-5-10(16)11(17)6-9(8)15(20)21/h2-6H,1H3,(H,18,19)(H,20,21). The smallest absolute Gasteiger partial charge is 0.336 e. The fourth-order valence-electron chi connectivity index (χ4n) is 2.17. The summed E-state index contributed by atoms with van der Waals surface area (Å²) in [5, 5.41) is 9.13. The molecule has 2 aromatic carbocycles. The Labute approximate surface area is 118 Å². The number of nitrogens with one attached hydrogen (secondary N) is 1. The van der Waals surface area contributed by atoms with Gasteiger partial charge in [-0.05, 0) is 36.8 Å². The number of aromatic amines is 1. The third kappa shape index (κ3) is 2.24. The molecule has 0 amide bonds. The number of hydrogen-bond donors (Lipinski definition) is 2. The van der Waals surface area contributed by atoms with E-state index in [-0.39, 0.29) is 17.0 Å². The van der Waals surface area contributed by atoms with E-state index in [9.17, 15) is 13.6 Å². The molecule has 0 aliphatic rings. The summed E-state index contributed by atoms with van der Waals surface area (Å²) in [6.45, 7) is 1.90. The Bertz CT molecular complexity index is 871. The molecule has 0 atom stereocenters. The van der Waals surface area contributed by atoms with Crippen molar-refractivity contribution in [3.8, 4) is 11.4 Å². The van der Waals surface area contributed by atoms with Crippen LogP contribution in [0.4, 0.5) is 8.78 Å². The van der Waals surface area contributed by atoms with E-state index in [2.05, 4.69) is 9.97 Å². The molecule has 1 heterocycles. The number of H-pyrrole nitrogens is 1. The van der Waals surface area contributed by atoms with Crippen LogP contribution in [0.1, 0.15) is 15.9 Å². The number of halogens is 2. The maximum absolute atomic E-state index is 13.4. The summed E-state index contributed by atoms with van der Waals surface area (Å²) in [4.78, 5) is 18.4. The normalized spacial score (nSPS) is 11.0. The van der Waals surface area contributed by atoms with Crippen molar-refractivity contribution >= 4 is 17.0 Å². The number of fused-ring (bicyclic) bond motifs is 1. The zero-order chi connectivity index (χ0) is 15.1. The molecule has 4 nitrogen and oxygen atoms in total. The number of hydrogen-bond acceptors (Lipinski definition) is 2. The zero-order valence-electron chi connectivity index (χ0n) is 10.9. The second kappa shape index (κ2) is 4.66. The van der Waals surface area contributed by atoms with E-state index < -0.39 is 17.6 Å². The van der Waals surface area contributed by atoms with Crippen LogP contribution in [-0.2, 0) is 0 Å². The lowest BCUT2D eigenvalue weighted by Crippen LogP contribution is -2.03. The molecule has 0 spiro atoms. The van der Waals surface area contributed by atoms with Crippen molar-refractivity contribution in [2.75, 3.05) is 0 Å². The molecular weight excluding hydrogens is 278 g/mol. The highest BCUT2D eigenvalue weighted by Gasteiger charge is 2.19. The minimum Gasteiger partial charge on any atom is -0.478 e. The van der Waals surface area contributed by atoms with Crippen molar-refractivity contribution in [2.24, 2.45) is 0 Å². The molecule has 0 aliphatic carbocycles. The number of rotatable bonds is 2. The maximum Gasteiger partial charge on any atom is 0.336 e. The number of imidazole rings is 1. The van der Waals surface area contributed by atoms with E-state index in [0.29, 0.717) is 17.1 Å². The van der Waals surface area contributed by atoms with E-state index in [4.69, 9.17) is 5.11 Å². The Hall–Kier alpha value is -2.76. The minimum atomic E-state index is -1.35. The number of benzene rings is 2. The lowest BCUT2D eigenvalue weighted by molar-refractivity contribution is 0.0697. The highest BCUT2D eigenvalue weighted by Crippen LogP contribution is 2.26. The van der Waals surface area contributed by atoms with Crippen molar-refractivity contribution in [3.63, 3.8) is 0 Å². The molecule has 6 heteroatoms. The average molecular weight is 288 g/mol. The van der Waals surface area contributed by atoms with Gasteiger partial charge in [0, 0.05) is 5.56 Å². The summed E-state index contributed by atoms with van der Waals surface area (Å²) in [7, 11) is 0. The van der Waals surface area contributed by atoms with Crippen LogP contribution in [0.2, 0.25) is 0 Å². The predicted octanol–water partition coefficient (Wildman–Crippen LogP) is 3.51. The van der Waals surface area contributed by atoms with Crippen molar-refractivity contribution in [2.45, 2.75) is 6.92 Å². The average Bonchev–Trinajstić information content (AvgIpc) is 2.83. The highest BCUT2D eigenvalue weighted by atomic mass is 19.2. The van der Waals surface area contributed by atoms with E-state index in [1.54, 1.807) is 6.07 Å². The lowest BCUT2D eigenvalue weighted by Gasteiger charge is -2.04. The minimum absolute atomic E-state index is 0.00949. The molecule has 2 N–H and O–H groups in total. The molecule has 3 aromatic rings. The van der Waals surface area contributed by atoms with E-state index in [1.165, 1.54) is 0 Å². The van der Waals surface area contributed by atoms with Crippen molar-refractivity contribution in [1.29, 1.82) is 0 Å². The molecule has 21 heavy (non-hydrogen) atoms. The Kier molecular flexibility index (Phi) is 2.94. The Morgan fingerprint density at radius 1 is 1.19 bits per heavy atom. The second-order valence-electron chi connectivity index (χ2n) is 4.72. The number of nitrogens with zero attached hydrogens (tertiary/aromatic N) is 1. The number of carboxylic acid groups (broad SMARTS) is 1. The summed E-state index contributed by atoms with van der Waals surface area (Å²) < 4.78 is 26.6. The van der Waals surface area contributed by atoms with Crippen molar-refractivity contribution in [1.82, 2.24) is 9.97 Å². The van der Waals surface area contributed by atoms with Gasteiger partial charge >= 0.3 is 5.97 Å². The van der Waals surface area contributed by atoms with Crippen LogP contribution in [0.5, 0.6) is 0 Å². The van der Waals surface area contributed by atoms with Gasteiger partial charge in [0.25, 0.3) is 0 Å². The molecule has 0 bridgehead atoms. The topological polar surface area (TPSA) is 66.0 Å². The van der Waals surface area contributed by atoms with Crippen molar-refractivity contribution in [3.05, 3.63) is 53.1 Å². The number of carbonyl (C=O) groups is 1. The summed E-state index contributed by atoms with van der Waals surface area (Å²) in [6, 6.07) is 6.96. The number of aryl methyl sites for hydroxylation is 1. The van der Waals surface area contributed by atoms with Crippen LogP contribution in [0, 0.1) is 18.6 Å². The van der Waals surface area contributed by atoms with Crippen LogP contribution in [0.25, 0.3) is 22.4 Å². The summed E-state index contributed by atoms with van der Waals surface area (Å²) in [5.74, 6) is -3.48. The summed E-state index contributed by atoms with van der Waals surface area (Å²) in [6.07, 6.45) is 0. The van der Waals surface area contributed by atoms with E-state index >= 15 is 0 Å². The quantitative estimate of drug-likeness (QED) is 0.758. The molecule has 0 radical (unpaired) electrons. The number of aromatic nitrogens is 2. The first-order valence-corrected chi connectivity index (χ1v) is 6.15. The monoisotopic (exact) mass is 288 g/mol. The predicted molar refractivity (Wildman–Crippen MR) is 73.1 cm³/mol. The van der Waals surface area contributed by atoms with Gasteiger partial charge in [0.05, 0.1) is 16.6 Å². The van der Waals surface area contributed by atoms with Crippen LogP contribution >= 0.6 is 0 Å². The van der Waals surface area contributed by atoms with Gasteiger partial charge in [0.1, 0.15) is 5.82 Å². The van der Waals surface area contributed by atoms with Gasteiger partial charge in [-0.15, -0.1) is 0 Å². The van der Waals surface area contributed by atoms with Crippen LogP contribution in [-0.4, -0.2) is 21.0 Å². The van der Waals surface area contributed by atoms with Gasteiger partial charge in [-0.2, -0.15) is 0 Å². The Morgan fingerprint density at radius 2 is 1.90 bits per heavy atom. The number of carboxylic acids is 1. The maximum atomic E-state index is 13.4. The largest absolute Gasteiger partial charge is 0.478 e. The van der Waals surface area contributed by atoms with Crippen molar-refractivity contribution < 1.29 is 18.7 Å². The first-order valence-electron chi connectivity index (χ1n) is 6.15. The number of aromatic carboxylic acids is 1. The zero-order valence-corrected chi connectivity index (χ0v) is 10.9. The molecule has 0 aliphatic heterocycles. The molecule has 0 saturated heterocycles. The first kappa shape index (κ1) is 13.2. The van der Waals surface area contributed by atoms with E-state index in [0.717, 1.165) is 11.6 Å². The van der Waals surface area contributed by atoms with Gasteiger partial charge in [0.15, 0.2) is 11.6 Å². The molecule has 0 fully saturated rings. The fraction of sp³-hybridized carbons (Fsp3) is 0.0667. The summed E-state index contributed by atoms with van der Waals surface area (Å²) >= 11 is 0. The van der Waals surface area contributed by atoms with Gasteiger partial charge in [-0.25, -0.2) is 18.6 Å². The van der Waals surface area contributed by atoms with E-state index in [1.807, 2.05) is 19.1 Å². The molecule has 1 aromatic heterocycles. The van der Waals surface area contributed by atoms with Crippen LogP contribution in [0.15, 0.2) is 30.3 Å². The highest BCUT2D eigenvalue weighted by molar-refractivity contribution is 5.96. The lowest BCUT2D eigenvalue weighted by atomic mass is 10.1. The third-order valence-electron chi connectivity index (χ3n) is 3.18. The Balaban J connectivity index is 2.26. The molecule has 0 saturated carbocycles. The molecule has 106 valence electrons. The van der Waals surface area contributed by atoms with Crippen LogP contribution < -0.4 is 0 Å². The molecular formula is C15H10F2N2O2. The second-order valence-corrected chi connectivity index (χ2v) is 4.72. The fourth-order valence-corrected chi connectivity index (χ4v) is 2.17. The van der Waals surface area contributed by atoms with Gasteiger partial charge < -0.3 is 10.1 Å². The Morgan fingerprint density at radius 3 is 2.62 bits per heavy atom. The SMILES string of the molecule is Cc1ccc2nc(-c3cc(F)c(F)cc3C(=O)O)[nH]c2c1. The molecule has 3 rings (SSSR count). The molecule has 0 unspecified atom stereocenters. The van der Waals surface area contributed by atoms with Gasteiger partial charge in [-0.3, -0.25) is 0 Å². The van der Waals surface area contributed by atoms with Gasteiger partial charge in [0.2, 0.25) is 0 Å². The summed E-state index contributed by atoms with van der Waals surface area (Å²) in [5.41, 5.74) is 1.99. The third-order valence-corrected chi connectivity index (χ3v) is 3.18.